The van der Waals surface area contributed by atoms with E-state index in [4.69, 9.17) is 32.5 Å². The van der Waals surface area contributed by atoms with E-state index in [1.165, 1.54) is 7.11 Å². The highest BCUT2D eigenvalue weighted by Gasteiger charge is 2.19. The first-order valence-electron chi connectivity index (χ1n) is 6.75. The van der Waals surface area contributed by atoms with Crippen molar-refractivity contribution in [2.45, 2.75) is 20.0 Å². The molecule has 1 aromatic heterocycles. The molecule has 0 fully saturated rings. The summed E-state index contributed by atoms with van der Waals surface area (Å²) in [6, 6.07) is 5.19. The molecule has 0 unspecified atom stereocenters. The van der Waals surface area contributed by atoms with Crippen LogP contribution in [0, 0.1) is 11.3 Å². The van der Waals surface area contributed by atoms with Gasteiger partial charge in [0.15, 0.2) is 11.5 Å². The van der Waals surface area contributed by atoms with E-state index in [9.17, 15) is 5.26 Å². The number of aromatic nitrogens is 2. The molecule has 7 nitrogen and oxygen atoms in total. The summed E-state index contributed by atoms with van der Waals surface area (Å²) in [6.07, 6.45) is -0.0502. The van der Waals surface area contributed by atoms with Crippen LogP contribution in [0.5, 0.6) is 11.5 Å². The van der Waals surface area contributed by atoms with E-state index in [0.29, 0.717) is 22.1 Å². The maximum atomic E-state index is 9.29. The SMILES string of the molecule is COc1cc(-c2nc(N)nc(N)c2C#N)c(Cl)cc1OC(C)C. The van der Waals surface area contributed by atoms with Gasteiger partial charge in [-0.05, 0) is 19.9 Å². The third-order valence-corrected chi connectivity index (χ3v) is 3.25. The first-order valence-corrected chi connectivity index (χ1v) is 7.12. The number of nitrogens with two attached hydrogens (primary N) is 2. The molecule has 0 saturated carbocycles. The van der Waals surface area contributed by atoms with Crippen molar-refractivity contribution in [3.05, 3.63) is 22.7 Å². The Bertz CT molecular complexity index is 786. The second-order valence-corrected chi connectivity index (χ2v) is 5.36. The van der Waals surface area contributed by atoms with Crippen molar-refractivity contribution < 1.29 is 9.47 Å². The Hall–Kier alpha value is -2.72. The lowest BCUT2D eigenvalue weighted by molar-refractivity contribution is 0.230. The second kappa shape index (κ2) is 6.58. The van der Waals surface area contributed by atoms with Crippen molar-refractivity contribution in [3.63, 3.8) is 0 Å². The van der Waals surface area contributed by atoms with Gasteiger partial charge < -0.3 is 20.9 Å². The Kier molecular flexibility index (Phi) is 4.77. The Balaban J connectivity index is 2.68. The maximum Gasteiger partial charge on any atom is 0.222 e. The van der Waals surface area contributed by atoms with E-state index in [-0.39, 0.29) is 29.1 Å². The molecule has 0 aliphatic heterocycles. The van der Waals surface area contributed by atoms with Crippen LogP contribution < -0.4 is 20.9 Å². The minimum absolute atomic E-state index is 0.00691. The molecule has 120 valence electrons. The summed E-state index contributed by atoms with van der Waals surface area (Å²) in [5, 5.41) is 9.62. The van der Waals surface area contributed by atoms with Crippen molar-refractivity contribution in [2.24, 2.45) is 0 Å². The number of ether oxygens (including phenoxy) is 2. The lowest BCUT2D eigenvalue weighted by Gasteiger charge is -2.16. The van der Waals surface area contributed by atoms with Gasteiger partial charge in [0, 0.05) is 11.6 Å². The molecule has 4 N–H and O–H groups in total. The summed E-state index contributed by atoms with van der Waals surface area (Å²) < 4.78 is 11.0. The van der Waals surface area contributed by atoms with Crippen molar-refractivity contribution >= 4 is 23.4 Å². The Labute approximate surface area is 138 Å². The summed E-state index contributed by atoms with van der Waals surface area (Å²) in [5.41, 5.74) is 12.2. The van der Waals surface area contributed by atoms with Crippen LogP contribution in [0.15, 0.2) is 12.1 Å². The van der Waals surface area contributed by atoms with Crippen LogP contribution in [0.1, 0.15) is 19.4 Å². The summed E-state index contributed by atoms with van der Waals surface area (Å²) >= 11 is 6.32. The summed E-state index contributed by atoms with van der Waals surface area (Å²) in [5.74, 6) is 0.893. The highest BCUT2D eigenvalue weighted by molar-refractivity contribution is 6.33. The number of halogens is 1. The molecule has 0 amide bonds. The molecule has 0 radical (unpaired) electrons. The molecule has 2 aromatic rings. The van der Waals surface area contributed by atoms with E-state index >= 15 is 0 Å². The van der Waals surface area contributed by atoms with Gasteiger partial charge in [0.2, 0.25) is 5.95 Å². The Morgan fingerprint density at radius 2 is 1.91 bits per heavy atom. The number of methoxy groups -OCH3 is 1. The molecule has 0 bridgehead atoms. The molecule has 0 saturated heterocycles. The summed E-state index contributed by atoms with van der Waals surface area (Å²) in [4.78, 5) is 7.87. The fourth-order valence-corrected chi connectivity index (χ4v) is 2.27. The number of hydrogen-bond acceptors (Lipinski definition) is 7. The topological polar surface area (TPSA) is 120 Å². The standard InChI is InChI=1S/C15H16ClN5O2/c1-7(2)23-12-5-10(16)8(4-11(12)22-3)13-9(6-17)14(18)21-15(19)20-13/h4-5,7H,1-3H3,(H4,18,19,20,21). The van der Waals surface area contributed by atoms with Gasteiger partial charge in [-0.1, -0.05) is 11.6 Å². The van der Waals surface area contributed by atoms with E-state index < -0.39 is 0 Å². The van der Waals surface area contributed by atoms with Gasteiger partial charge in [-0.15, -0.1) is 0 Å². The average molecular weight is 334 g/mol. The minimum Gasteiger partial charge on any atom is -0.493 e. The quantitative estimate of drug-likeness (QED) is 0.882. The van der Waals surface area contributed by atoms with Gasteiger partial charge in [-0.2, -0.15) is 10.2 Å². The molecule has 8 heteroatoms. The molecule has 1 heterocycles. The zero-order chi connectivity index (χ0) is 17.1. The molecular formula is C15H16ClN5O2. The van der Waals surface area contributed by atoms with E-state index in [1.807, 2.05) is 19.9 Å². The smallest absolute Gasteiger partial charge is 0.222 e. The van der Waals surface area contributed by atoms with Crippen molar-refractivity contribution in [1.82, 2.24) is 9.97 Å². The van der Waals surface area contributed by atoms with E-state index in [2.05, 4.69) is 9.97 Å². The van der Waals surface area contributed by atoms with Crippen LogP contribution in [0.3, 0.4) is 0 Å². The highest BCUT2D eigenvalue weighted by atomic mass is 35.5. The fraction of sp³-hybridized carbons (Fsp3) is 0.267. The average Bonchev–Trinajstić information content (AvgIpc) is 2.46. The van der Waals surface area contributed by atoms with Gasteiger partial charge in [0.05, 0.1) is 23.9 Å². The first kappa shape index (κ1) is 16.6. The summed E-state index contributed by atoms with van der Waals surface area (Å²) in [6.45, 7) is 3.78. The number of nitrogen functional groups attached to an aromatic ring is 2. The van der Waals surface area contributed by atoms with Crippen LogP contribution in [0.4, 0.5) is 11.8 Å². The number of nitrogens with zero attached hydrogens (tertiary/aromatic N) is 3. The predicted octanol–water partition coefficient (Wildman–Crippen LogP) is 2.63. The lowest BCUT2D eigenvalue weighted by atomic mass is 10.1. The van der Waals surface area contributed by atoms with E-state index in [0.717, 1.165) is 0 Å². The Morgan fingerprint density at radius 1 is 1.22 bits per heavy atom. The third-order valence-electron chi connectivity index (χ3n) is 2.94. The van der Waals surface area contributed by atoms with Gasteiger partial charge >= 0.3 is 0 Å². The van der Waals surface area contributed by atoms with Crippen LogP contribution in [0.2, 0.25) is 5.02 Å². The monoisotopic (exact) mass is 333 g/mol. The van der Waals surface area contributed by atoms with Crippen LogP contribution in [-0.4, -0.2) is 23.2 Å². The van der Waals surface area contributed by atoms with Gasteiger partial charge in [0.1, 0.15) is 17.5 Å². The van der Waals surface area contributed by atoms with Gasteiger partial charge in [-0.25, -0.2) is 4.98 Å². The fourth-order valence-electron chi connectivity index (χ4n) is 2.02. The van der Waals surface area contributed by atoms with Gasteiger partial charge in [0.25, 0.3) is 0 Å². The third kappa shape index (κ3) is 3.38. The van der Waals surface area contributed by atoms with E-state index in [1.54, 1.807) is 12.1 Å². The maximum absolute atomic E-state index is 9.29. The summed E-state index contributed by atoms with van der Waals surface area (Å²) in [7, 11) is 1.51. The minimum atomic E-state index is -0.0502. The Morgan fingerprint density at radius 3 is 2.48 bits per heavy atom. The molecule has 0 aliphatic rings. The molecule has 0 aliphatic carbocycles. The van der Waals surface area contributed by atoms with Crippen molar-refractivity contribution in [2.75, 3.05) is 18.6 Å². The molecule has 2 rings (SSSR count). The van der Waals surface area contributed by atoms with Crippen molar-refractivity contribution in [1.29, 1.82) is 5.26 Å². The number of hydrogen-bond donors (Lipinski definition) is 2. The van der Waals surface area contributed by atoms with Crippen LogP contribution >= 0.6 is 11.6 Å². The zero-order valence-electron chi connectivity index (χ0n) is 12.9. The number of rotatable bonds is 4. The molecule has 1 aromatic carbocycles. The number of nitriles is 1. The molecule has 23 heavy (non-hydrogen) atoms. The molecular weight excluding hydrogens is 318 g/mol. The van der Waals surface area contributed by atoms with Crippen LogP contribution in [-0.2, 0) is 0 Å². The lowest BCUT2D eigenvalue weighted by Crippen LogP contribution is -2.08. The second-order valence-electron chi connectivity index (χ2n) is 4.95. The largest absolute Gasteiger partial charge is 0.493 e. The van der Waals surface area contributed by atoms with Crippen molar-refractivity contribution in [3.8, 4) is 28.8 Å². The van der Waals surface area contributed by atoms with Gasteiger partial charge in [-0.3, -0.25) is 0 Å². The molecule has 0 atom stereocenters. The molecule has 0 spiro atoms. The number of benzene rings is 1. The first-order chi connectivity index (χ1) is 10.9. The normalized spacial score (nSPS) is 10.4. The zero-order valence-corrected chi connectivity index (χ0v) is 13.7. The van der Waals surface area contributed by atoms with Crippen LogP contribution in [0.25, 0.3) is 11.3 Å². The highest BCUT2D eigenvalue weighted by Crippen LogP contribution is 2.40. The number of anilines is 2. The predicted molar refractivity (Wildman–Crippen MR) is 88.3 cm³/mol.